The zero-order chi connectivity index (χ0) is 17.1. The van der Waals surface area contributed by atoms with Gasteiger partial charge >= 0.3 is 0 Å². The summed E-state index contributed by atoms with van der Waals surface area (Å²) < 4.78 is 5.46. The Morgan fingerprint density at radius 1 is 1.25 bits per heavy atom. The highest BCUT2D eigenvalue weighted by Crippen LogP contribution is 2.46. The molecule has 6 heteroatoms. The second-order valence-corrected chi connectivity index (χ2v) is 6.50. The van der Waals surface area contributed by atoms with Gasteiger partial charge in [-0.3, -0.25) is 4.79 Å². The Hall–Kier alpha value is -2.42. The van der Waals surface area contributed by atoms with Crippen LogP contribution >= 0.6 is 23.4 Å². The smallest absolute Gasteiger partial charge is 0.213 e. The van der Waals surface area contributed by atoms with Crippen LogP contribution in [0, 0.1) is 11.3 Å². The van der Waals surface area contributed by atoms with Crippen LogP contribution in [0.15, 0.2) is 64.0 Å². The van der Waals surface area contributed by atoms with Gasteiger partial charge in [-0.05, 0) is 24.3 Å². The number of nitriles is 1. The van der Waals surface area contributed by atoms with Gasteiger partial charge in [0.15, 0.2) is 6.61 Å². The Morgan fingerprint density at radius 2 is 1.96 bits per heavy atom. The van der Waals surface area contributed by atoms with Gasteiger partial charge < -0.3 is 9.64 Å². The van der Waals surface area contributed by atoms with E-state index < -0.39 is 0 Å². The molecule has 4 nitrogen and oxygen atoms in total. The molecule has 3 rings (SSSR count). The maximum absolute atomic E-state index is 12.5. The van der Waals surface area contributed by atoms with Gasteiger partial charge in [-0.25, -0.2) is 0 Å². The lowest BCUT2D eigenvalue weighted by atomic mass is 10.2. The van der Waals surface area contributed by atoms with Gasteiger partial charge in [0.25, 0.3) is 0 Å². The maximum atomic E-state index is 12.5. The first kappa shape index (κ1) is 16.4. The van der Waals surface area contributed by atoms with Crippen LogP contribution in [0.1, 0.15) is 0 Å². The third-order valence-electron chi connectivity index (χ3n) is 3.54. The molecule has 0 saturated carbocycles. The van der Waals surface area contributed by atoms with Gasteiger partial charge in [-0.15, -0.1) is 0 Å². The highest BCUT2D eigenvalue weighted by atomic mass is 35.5. The SMILES string of the molecule is CN1/C(=C(\C#N)C(=O)COc2ccccc2Cl)Sc2ccccc21. The number of para-hydroxylation sites is 2. The van der Waals surface area contributed by atoms with E-state index in [-0.39, 0.29) is 18.0 Å². The number of halogens is 1. The standard InChI is InChI=1S/C18H13ClN2O2S/c1-21-14-7-3-5-9-17(14)24-18(21)12(10-20)15(22)11-23-16-8-4-2-6-13(16)19/h2-9H,11H2,1H3/b18-12-. The van der Waals surface area contributed by atoms with Crippen molar-refractivity contribution in [2.75, 3.05) is 18.6 Å². The summed E-state index contributed by atoms with van der Waals surface area (Å²) in [6.07, 6.45) is 0. The number of hydrogen-bond donors (Lipinski definition) is 0. The van der Waals surface area contributed by atoms with Crippen molar-refractivity contribution in [2.45, 2.75) is 4.90 Å². The largest absolute Gasteiger partial charge is 0.484 e. The fourth-order valence-electron chi connectivity index (χ4n) is 2.33. The molecule has 2 aromatic carbocycles. The highest BCUT2D eigenvalue weighted by molar-refractivity contribution is 8.03. The second-order valence-electron chi connectivity index (χ2n) is 5.06. The highest BCUT2D eigenvalue weighted by Gasteiger charge is 2.28. The molecule has 0 bridgehead atoms. The van der Waals surface area contributed by atoms with E-state index in [1.165, 1.54) is 11.8 Å². The van der Waals surface area contributed by atoms with Crippen LogP contribution in [-0.2, 0) is 4.79 Å². The summed E-state index contributed by atoms with van der Waals surface area (Å²) in [6, 6.07) is 16.7. The third kappa shape index (κ3) is 3.12. The number of carbonyl (C=O) groups excluding carboxylic acids is 1. The molecule has 0 fully saturated rings. The van der Waals surface area contributed by atoms with Crippen LogP contribution in [0.25, 0.3) is 0 Å². The molecular weight excluding hydrogens is 344 g/mol. The number of nitrogens with zero attached hydrogens (tertiary/aromatic N) is 2. The normalized spacial score (nSPS) is 14.8. The number of Topliss-reactive ketones (excluding diaryl/α,β-unsaturated/α-hetero) is 1. The number of thioether (sulfide) groups is 1. The Balaban J connectivity index is 1.81. The summed E-state index contributed by atoms with van der Waals surface area (Å²) >= 11 is 7.42. The maximum Gasteiger partial charge on any atom is 0.213 e. The summed E-state index contributed by atoms with van der Waals surface area (Å²) in [4.78, 5) is 15.3. The Morgan fingerprint density at radius 3 is 2.67 bits per heavy atom. The van der Waals surface area contributed by atoms with Gasteiger partial charge in [0.2, 0.25) is 5.78 Å². The third-order valence-corrected chi connectivity index (χ3v) is 5.09. The van der Waals surface area contributed by atoms with Crippen LogP contribution in [0.5, 0.6) is 5.75 Å². The Bertz CT molecular complexity index is 873. The van der Waals surface area contributed by atoms with Crippen LogP contribution in [0.2, 0.25) is 5.02 Å². The predicted octanol–water partition coefficient (Wildman–Crippen LogP) is 4.27. The topological polar surface area (TPSA) is 53.3 Å². The van der Waals surface area contributed by atoms with Crippen LogP contribution < -0.4 is 9.64 Å². The van der Waals surface area contributed by atoms with Crippen LogP contribution in [-0.4, -0.2) is 19.4 Å². The van der Waals surface area contributed by atoms with Crippen LogP contribution in [0.4, 0.5) is 5.69 Å². The molecule has 0 aromatic heterocycles. The first-order valence-corrected chi connectivity index (χ1v) is 8.36. The summed E-state index contributed by atoms with van der Waals surface area (Å²) in [7, 11) is 1.84. The molecule has 0 saturated heterocycles. The average Bonchev–Trinajstić information content (AvgIpc) is 2.92. The van der Waals surface area contributed by atoms with Crippen molar-refractivity contribution >= 4 is 34.8 Å². The molecule has 0 atom stereocenters. The van der Waals surface area contributed by atoms with Crippen molar-refractivity contribution in [1.82, 2.24) is 0 Å². The quantitative estimate of drug-likeness (QED) is 0.605. The number of ketones is 1. The molecule has 1 heterocycles. The summed E-state index contributed by atoms with van der Waals surface area (Å²) in [6.45, 7) is -0.235. The lowest BCUT2D eigenvalue weighted by Crippen LogP contribution is -2.19. The van der Waals surface area contributed by atoms with Crippen molar-refractivity contribution in [3.63, 3.8) is 0 Å². The number of ether oxygens (including phenoxy) is 1. The lowest BCUT2D eigenvalue weighted by Gasteiger charge is -2.15. The molecule has 2 aromatic rings. The van der Waals surface area contributed by atoms with E-state index in [9.17, 15) is 10.1 Å². The van der Waals surface area contributed by atoms with Crippen molar-refractivity contribution in [2.24, 2.45) is 0 Å². The van der Waals surface area contributed by atoms with E-state index in [1.54, 1.807) is 24.3 Å². The van der Waals surface area contributed by atoms with E-state index in [1.807, 2.05) is 42.3 Å². The Labute approximate surface area is 149 Å². The van der Waals surface area contributed by atoms with E-state index in [0.717, 1.165) is 10.6 Å². The van der Waals surface area contributed by atoms with Crippen molar-refractivity contribution in [1.29, 1.82) is 5.26 Å². The predicted molar refractivity (Wildman–Crippen MR) is 95.3 cm³/mol. The molecule has 0 unspecified atom stereocenters. The number of rotatable bonds is 4. The van der Waals surface area contributed by atoms with Crippen molar-refractivity contribution in [3.8, 4) is 11.8 Å². The number of carbonyl (C=O) groups is 1. The van der Waals surface area contributed by atoms with Gasteiger partial charge in [0.05, 0.1) is 10.7 Å². The van der Waals surface area contributed by atoms with E-state index in [2.05, 4.69) is 0 Å². The molecule has 0 N–H and O–H groups in total. The average molecular weight is 357 g/mol. The molecule has 1 aliphatic heterocycles. The molecule has 24 heavy (non-hydrogen) atoms. The fourth-order valence-corrected chi connectivity index (χ4v) is 3.68. The molecular formula is C18H13ClN2O2S. The number of fused-ring (bicyclic) bond motifs is 1. The minimum Gasteiger partial charge on any atom is -0.484 e. The zero-order valence-electron chi connectivity index (χ0n) is 12.8. The number of hydrogen-bond acceptors (Lipinski definition) is 5. The minimum atomic E-state index is -0.375. The first-order chi connectivity index (χ1) is 11.6. The molecule has 0 spiro atoms. The molecule has 0 amide bonds. The zero-order valence-corrected chi connectivity index (χ0v) is 14.4. The van der Waals surface area contributed by atoms with E-state index in [0.29, 0.717) is 15.8 Å². The Kier molecular flexibility index (Phi) is 4.79. The van der Waals surface area contributed by atoms with Crippen molar-refractivity contribution < 1.29 is 9.53 Å². The van der Waals surface area contributed by atoms with E-state index in [4.69, 9.17) is 16.3 Å². The number of benzene rings is 2. The van der Waals surface area contributed by atoms with Crippen LogP contribution in [0.3, 0.4) is 0 Å². The van der Waals surface area contributed by atoms with Gasteiger partial charge in [0.1, 0.15) is 22.4 Å². The molecule has 0 radical (unpaired) electrons. The summed E-state index contributed by atoms with van der Waals surface area (Å²) in [5.41, 5.74) is 1.07. The van der Waals surface area contributed by atoms with E-state index >= 15 is 0 Å². The molecule has 120 valence electrons. The van der Waals surface area contributed by atoms with Gasteiger partial charge in [0, 0.05) is 11.9 Å². The monoisotopic (exact) mass is 356 g/mol. The van der Waals surface area contributed by atoms with Crippen molar-refractivity contribution in [3.05, 3.63) is 64.2 Å². The minimum absolute atomic E-state index is 0.0887. The molecule has 1 aliphatic rings. The molecule has 0 aliphatic carbocycles. The summed E-state index contributed by atoms with van der Waals surface area (Å²) in [5.74, 6) is 0.0464. The second kappa shape index (κ2) is 7.00. The number of anilines is 1. The van der Waals surface area contributed by atoms with Gasteiger partial charge in [-0.1, -0.05) is 47.6 Å². The first-order valence-electron chi connectivity index (χ1n) is 7.17. The van der Waals surface area contributed by atoms with Gasteiger partial charge in [-0.2, -0.15) is 5.26 Å². The fraction of sp³-hybridized carbons (Fsp3) is 0.111. The lowest BCUT2D eigenvalue weighted by molar-refractivity contribution is -0.117. The summed E-state index contributed by atoms with van der Waals surface area (Å²) in [5, 5.41) is 10.5.